The van der Waals surface area contributed by atoms with Gasteiger partial charge in [0.05, 0.1) is 0 Å². The Kier molecular flexibility index (Phi) is 3.62. The van der Waals surface area contributed by atoms with E-state index in [1.807, 2.05) is 51.2 Å². The van der Waals surface area contributed by atoms with Crippen LogP contribution in [0.4, 0.5) is 0 Å². The Morgan fingerprint density at radius 3 is 2.74 bits per heavy atom. The van der Waals surface area contributed by atoms with E-state index in [9.17, 15) is 4.79 Å². The topological polar surface area (TPSA) is 68.1 Å². The molecule has 1 atom stereocenters. The van der Waals surface area contributed by atoms with Crippen LogP contribution in [0.2, 0.25) is 0 Å². The minimum atomic E-state index is -0.640. The second-order valence-electron chi connectivity index (χ2n) is 5.70. The SMILES string of the molecule is CC(C)(C)OC(=O)C(N)Cc1c[nH]c2ccccc12. The van der Waals surface area contributed by atoms with E-state index in [1.54, 1.807) is 0 Å². The summed E-state index contributed by atoms with van der Waals surface area (Å²) in [5.41, 5.74) is 7.50. The van der Waals surface area contributed by atoms with E-state index in [-0.39, 0.29) is 5.97 Å². The highest BCUT2D eigenvalue weighted by Crippen LogP contribution is 2.19. The number of nitrogens with one attached hydrogen (secondary N) is 1. The van der Waals surface area contributed by atoms with Gasteiger partial charge in [0.1, 0.15) is 11.6 Å². The normalized spacial score (nSPS) is 13.5. The standard InChI is InChI=1S/C15H20N2O2/c1-15(2,3)19-14(18)12(16)8-10-9-17-13-7-5-4-6-11(10)13/h4-7,9,12,17H,8,16H2,1-3H3. The van der Waals surface area contributed by atoms with E-state index in [2.05, 4.69) is 4.98 Å². The maximum atomic E-state index is 11.9. The molecule has 19 heavy (non-hydrogen) atoms. The zero-order chi connectivity index (χ0) is 14.0. The summed E-state index contributed by atoms with van der Waals surface area (Å²) in [5, 5.41) is 1.10. The van der Waals surface area contributed by atoms with Crippen LogP contribution in [0.15, 0.2) is 30.5 Å². The summed E-state index contributed by atoms with van der Waals surface area (Å²) in [6, 6.07) is 7.31. The molecule has 1 unspecified atom stereocenters. The van der Waals surface area contributed by atoms with Gasteiger partial charge in [0, 0.05) is 23.5 Å². The number of carbonyl (C=O) groups is 1. The molecule has 0 aliphatic rings. The van der Waals surface area contributed by atoms with Crippen LogP contribution >= 0.6 is 0 Å². The van der Waals surface area contributed by atoms with E-state index in [0.717, 1.165) is 16.5 Å². The predicted molar refractivity (Wildman–Crippen MR) is 75.8 cm³/mol. The Labute approximate surface area is 112 Å². The van der Waals surface area contributed by atoms with Gasteiger partial charge in [-0.3, -0.25) is 4.79 Å². The van der Waals surface area contributed by atoms with Crippen molar-refractivity contribution in [3.63, 3.8) is 0 Å². The molecule has 0 aliphatic carbocycles. The number of benzene rings is 1. The summed E-state index contributed by atoms with van der Waals surface area (Å²) in [7, 11) is 0. The molecule has 0 amide bonds. The lowest BCUT2D eigenvalue weighted by Crippen LogP contribution is -2.38. The van der Waals surface area contributed by atoms with Gasteiger partial charge in [0.25, 0.3) is 0 Å². The van der Waals surface area contributed by atoms with Gasteiger partial charge in [-0.15, -0.1) is 0 Å². The molecule has 1 heterocycles. The maximum absolute atomic E-state index is 11.9. The average Bonchev–Trinajstić information content (AvgIpc) is 2.70. The molecular weight excluding hydrogens is 240 g/mol. The van der Waals surface area contributed by atoms with E-state index >= 15 is 0 Å². The van der Waals surface area contributed by atoms with Crippen molar-refractivity contribution in [2.45, 2.75) is 38.8 Å². The van der Waals surface area contributed by atoms with E-state index in [0.29, 0.717) is 6.42 Å². The number of H-pyrrole nitrogens is 1. The van der Waals surface area contributed by atoms with Crippen LogP contribution in [0.5, 0.6) is 0 Å². The van der Waals surface area contributed by atoms with Crippen molar-refractivity contribution in [1.29, 1.82) is 0 Å². The van der Waals surface area contributed by atoms with Crippen molar-refractivity contribution < 1.29 is 9.53 Å². The quantitative estimate of drug-likeness (QED) is 0.832. The number of aromatic amines is 1. The van der Waals surface area contributed by atoms with Gasteiger partial charge in [-0.25, -0.2) is 0 Å². The van der Waals surface area contributed by atoms with Crippen LogP contribution in [0, 0.1) is 0 Å². The third-order valence-electron chi connectivity index (χ3n) is 2.82. The number of hydrogen-bond acceptors (Lipinski definition) is 3. The Balaban J connectivity index is 2.10. The first-order valence-corrected chi connectivity index (χ1v) is 6.40. The molecule has 0 aliphatic heterocycles. The highest BCUT2D eigenvalue weighted by Gasteiger charge is 2.23. The molecule has 0 fully saturated rings. The van der Waals surface area contributed by atoms with Gasteiger partial charge < -0.3 is 15.5 Å². The van der Waals surface area contributed by atoms with Crippen molar-refractivity contribution in [1.82, 2.24) is 4.98 Å². The Morgan fingerprint density at radius 2 is 2.05 bits per heavy atom. The minimum Gasteiger partial charge on any atom is -0.459 e. The van der Waals surface area contributed by atoms with Crippen LogP contribution in [0.25, 0.3) is 10.9 Å². The van der Waals surface area contributed by atoms with Crippen LogP contribution in [-0.4, -0.2) is 22.6 Å². The predicted octanol–water partition coefficient (Wildman–Crippen LogP) is 2.38. The van der Waals surface area contributed by atoms with Crippen LogP contribution in [0.1, 0.15) is 26.3 Å². The van der Waals surface area contributed by atoms with Crippen LogP contribution in [-0.2, 0) is 16.0 Å². The monoisotopic (exact) mass is 260 g/mol. The maximum Gasteiger partial charge on any atom is 0.323 e. The van der Waals surface area contributed by atoms with Gasteiger partial charge in [0.15, 0.2) is 0 Å². The molecule has 1 aromatic heterocycles. The summed E-state index contributed by atoms with van der Waals surface area (Å²) in [6.07, 6.45) is 2.37. The molecule has 0 bridgehead atoms. The lowest BCUT2D eigenvalue weighted by molar-refractivity contribution is -0.156. The second kappa shape index (κ2) is 5.05. The number of hydrogen-bond donors (Lipinski definition) is 2. The Morgan fingerprint density at radius 1 is 1.37 bits per heavy atom. The second-order valence-corrected chi connectivity index (χ2v) is 5.70. The molecule has 102 valence electrons. The number of aromatic nitrogens is 1. The molecule has 0 spiro atoms. The largest absolute Gasteiger partial charge is 0.459 e. The first-order valence-electron chi connectivity index (χ1n) is 6.40. The lowest BCUT2D eigenvalue weighted by atomic mass is 10.1. The number of carbonyl (C=O) groups excluding carboxylic acids is 1. The number of ether oxygens (including phenoxy) is 1. The zero-order valence-electron chi connectivity index (χ0n) is 11.6. The van der Waals surface area contributed by atoms with Crippen molar-refractivity contribution in [3.8, 4) is 0 Å². The minimum absolute atomic E-state index is 0.363. The summed E-state index contributed by atoms with van der Waals surface area (Å²) >= 11 is 0. The van der Waals surface area contributed by atoms with Gasteiger partial charge in [-0.2, -0.15) is 0 Å². The number of esters is 1. The van der Waals surface area contributed by atoms with Gasteiger partial charge in [-0.1, -0.05) is 18.2 Å². The molecule has 4 nitrogen and oxygen atoms in total. The summed E-state index contributed by atoms with van der Waals surface area (Å²) in [6.45, 7) is 5.51. The molecule has 3 N–H and O–H groups in total. The summed E-state index contributed by atoms with van der Waals surface area (Å²) < 4.78 is 5.29. The van der Waals surface area contributed by atoms with E-state index < -0.39 is 11.6 Å². The van der Waals surface area contributed by atoms with E-state index in [4.69, 9.17) is 10.5 Å². The number of rotatable bonds is 3. The van der Waals surface area contributed by atoms with Crippen molar-refractivity contribution in [3.05, 3.63) is 36.0 Å². The van der Waals surface area contributed by atoms with Crippen molar-refractivity contribution in [2.75, 3.05) is 0 Å². The molecule has 4 heteroatoms. The van der Waals surface area contributed by atoms with Crippen molar-refractivity contribution in [2.24, 2.45) is 5.73 Å². The molecule has 0 saturated carbocycles. The Bertz CT molecular complexity index is 581. The van der Waals surface area contributed by atoms with E-state index in [1.165, 1.54) is 0 Å². The molecule has 2 aromatic rings. The van der Waals surface area contributed by atoms with Crippen LogP contribution < -0.4 is 5.73 Å². The highest BCUT2D eigenvalue weighted by molar-refractivity contribution is 5.84. The molecule has 2 rings (SSSR count). The molecular formula is C15H20N2O2. The number of para-hydroxylation sites is 1. The molecule has 1 aromatic carbocycles. The third kappa shape index (κ3) is 3.35. The zero-order valence-corrected chi connectivity index (χ0v) is 11.6. The fourth-order valence-electron chi connectivity index (χ4n) is 2.00. The number of nitrogens with two attached hydrogens (primary N) is 1. The molecule has 0 saturated heterocycles. The fourth-order valence-corrected chi connectivity index (χ4v) is 2.00. The summed E-state index contributed by atoms with van der Waals surface area (Å²) in [4.78, 5) is 15.0. The van der Waals surface area contributed by atoms with Gasteiger partial charge in [0.2, 0.25) is 0 Å². The van der Waals surface area contributed by atoms with Gasteiger partial charge in [-0.05, 0) is 32.4 Å². The third-order valence-corrected chi connectivity index (χ3v) is 2.82. The van der Waals surface area contributed by atoms with Gasteiger partial charge >= 0.3 is 5.97 Å². The molecule has 0 radical (unpaired) electrons. The summed E-state index contributed by atoms with van der Waals surface area (Å²) in [5.74, 6) is -0.363. The smallest absolute Gasteiger partial charge is 0.323 e. The van der Waals surface area contributed by atoms with Crippen molar-refractivity contribution >= 4 is 16.9 Å². The first kappa shape index (κ1) is 13.6. The average molecular weight is 260 g/mol. The fraction of sp³-hybridized carbons (Fsp3) is 0.400. The highest BCUT2D eigenvalue weighted by atomic mass is 16.6. The van der Waals surface area contributed by atoms with Crippen LogP contribution in [0.3, 0.4) is 0 Å². The number of fused-ring (bicyclic) bond motifs is 1. The Hall–Kier alpha value is -1.81. The lowest BCUT2D eigenvalue weighted by Gasteiger charge is -2.22. The first-order chi connectivity index (χ1) is 8.87.